The van der Waals surface area contributed by atoms with E-state index < -0.39 is 5.97 Å². The fourth-order valence-electron chi connectivity index (χ4n) is 6.20. The van der Waals surface area contributed by atoms with Crippen molar-refractivity contribution in [2.75, 3.05) is 0 Å². The monoisotopic (exact) mass is 474 g/mol. The van der Waals surface area contributed by atoms with E-state index in [4.69, 9.17) is 10.5 Å². The lowest BCUT2D eigenvalue weighted by atomic mass is 9.55. The molecule has 7 atom stereocenters. The van der Waals surface area contributed by atoms with Gasteiger partial charge in [0.2, 0.25) is 0 Å². The summed E-state index contributed by atoms with van der Waals surface area (Å²) < 4.78 is 9.32. The number of esters is 1. The Kier molecular flexibility index (Phi) is 7.19. The van der Waals surface area contributed by atoms with E-state index >= 15 is 0 Å². The Balaban J connectivity index is 0.000000385. The number of nitrogens with zero attached hydrogens (tertiary/aromatic N) is 1. The van der Waals surface area contributed by atoms with Gasteiger partial charge in [-0.05, 0) is 56.1 Å². The average molecular weight is 475 g/mol. The summed E-state index contributed by atoms with van der Waals surface area (Å²) in [5.74, 6) is -0.103. The van der Waals surface area contributed by atoms with Crippen molar-refractivity contribution >= 4 is 41.0 Å². The Hall–Kier alpha value is -2.25. The van der Waals surface area contributed by atoms with Gasteiger partial charge < -0.3 is 14.8 Å². The van der Waals surface area contributed by atoms with Crippen molar-refractivity contribution in [1.29, 1.82) is 0 Å². The smallest absolute Gasteiger partial charge is 0.324 e. The number of hydrogen-bond donors (Lipinski definition) is 1. The van der Waals surface area contributed by atoms with Crippen molar-refractivity contribution < 1.29 is 23.4 Å². The van der Waals surface area contributed by atoms with E-state index in [1.54, 1.807) is 6.92 Å². The lowest BCUT2D eigenvalue weighted by Gasteiger charge is -2.47. The van der Waals surface area contributed by atoms with Crippen molar-refractivity contribution in [3.63, 3.8) is 0 Å². The van der Waals surface area contributed by atoms with Gasteiger partial charge in [-0.1, -0.05) is 25.1 Å². The van der Waals surface area contributed by atoms with Crippen LogP contribution in [0.5, 0.6) is 0 Å². The van der Waals surface area contributed by atoms with Crippen LogP contribution in [0.4, 0.5) is 5.69 Å². The minimum atomic E-state index is -0.392. The third kappa shape index (κ3) is 4.71. The fourth-order valence-corrected chi connectivity index (χ4v) is 6.31. The van der Waals surface area contributed by atoms with Crippen LogP contribution >= 0.6 is 11.9 Å². The van der Waals surface area contributed by atoms with E-state index in [-0.39, 0.29) is 41.7 Å². The molecule has 1 aromatic rings. The number of ether oxygens (including phenoxy) is 1. The van der Waals surface area contributed by atoms with Crippen molar-refractivity contribution in [2.24, 2.45) is 40.3 Å². The minimum absolute atomic E-state index is 0.0213. The van der Waals surface area contributed by atoms with Crippen LogP contribution in [0.3, 0.4) is 0 Å². The number of benzene rings is 1. The molecule has 0 radical (unpaired) electrons. The zero-order valence-corrected chi connectivity index (χ0v) is 19.8. The molecule has 5 rings (SSSR count). The van der Waals surface area contributed by atoms with Gasteiger partial charge in [0.25, 0.3) is 0 Å². The molecule has 0 spiro atoms. The molecular formula is C25H31ClN2O5. The Morgan fingerprint density at radius 1 is 1.24 bits per heavy atom. The maximum Gasteiger partial charge on any atom is 0.324 e. The average Bonchev–Trinajstić information content (AvgIpc) is 3.37. The predicted octanol–water partition coefficient (Wildman–Crippen LogP) is 3.92. The van der Waals surface area contributed by atoms with Gasteiger partial charge in [0.05, 0.1) is 17.3 Å². The highest BCUT2D eigenvalue weighted by Gasteiger charge is 2.57. The van der Waals surface area contributed by atoms with Gasteiger partial charge in [0, 0.05) is 30.7 Å². The van der Waals surface area contributed by atoms with E-state index in [9.17, 15) is 14.4 Å². The molecular weight excluding hydrogens is 444 g/mol. The molecule has 2 saturated carbocycles. The van der Waals surface area contributed by atoms with Crippen LogP contribution in [-0.2, 0) is 29.8 Å². The second-order valence-corrected chi connectivity index (χ2v) is 9.77. The molecule has 0 aromatic heterocycles. The number of nitrogens with two attached hydrogens (primary N) is 1. The molecule has 33 heavy (non-hydrogen) atoms. The van der Waals surface area contributed by atoms with Gasteiger partial charge in [-0.2, -0.15) is 0 Å². The van der Waals surface area contributed by atoms with E-state index in [1.807, 2.05) is 31.2 Å². The second-order valence-electron chi connectivity index (χ2n) is 9.62. The topological polar surface area (TPSA) is 108 Å². The number of aliphatic imine (C=N–C) groups is 1. The Morgan fingerprint density at radius 3 is 2.67 bits per heavy atom. The van der Waals surface area contributed by atoms with E-state index in [1.165, 1.54) is 0 Å². The normalized spacial score (nSPS) is 34.0. The number of carbonyl (C=O) groups is 3. The molecule has 8 heteroatoms. The molecule has 0 amide bonds. The van der Waals surface area contributed by atoms with Crippen LogP contribution in [0.15, 0.2) is 29.3 Å². The second kappa shape index (κ2) is 9.94. The molecule has 4 aliphatic rings. The summed E-state index contributed by atoms with van der Waals surface area (Å²) in [7, 11) is 0. The first-order chi connectivity index (χ1) is 15.8. The molecule has 0 bridgehead atoms. The van der Waals surface area contributed by atoms with E-state index in [0.29, 0.717) is 30.4 Å². The van der Waals surface area contributed by atoms with Gasteiger partial charge >= 0.3 is 11.9 Å². The number of ketones is 1. The summed E-state index contributed by atoms with van der Waals surface area (Å²) in [6.45, 7) is 3.62. The summed E-state index contributed by atoms with van der Waals surface area (Å²) in [4.78, 5) is 40.6. The number of fused-ring (bicyclic) bond motifs is 3. The number of hydrogen-bond acceptors (Lipinski definition) is 7. The number of rotatable bonds is 3. The van der Waals surface area contributed by atoms with Crippen LogP contribution < -0.4 is 5.73 Å². The first-order valence-corrected chi connectivity index (χ1v) is 12.1. The van der Waals surface area contributed by atoms with Gasteiger partial charge in [0.15, 0.2) is 5.78 Å². The number of para-hydroxylation sites is 1. The lowest BCUT2D eigenvalue weighted by Crippen LogP contribution is -2.51. The standard InChI is InChI=1S/C22H26N2O3.C3H5ClO2/c1-11-19-16(22(26)27-11)9-13-8-14(23)6-7-15(13)20(19)21(25)18-10-12-4-2-3-5-17(12)24-18;1-2-3(5)6-4/h2-5,11,13-16,19-20H,6-10,23H2,1H3;2H2,1H3/t11-,13+,14-,15-,16-,19-,20+;/m1./s1. The molecule has 1 aromatic carbocycles. The summed E-state index contributed by atoms with van der Waals surface area (Å²) >= 11 is 4.60. The molecule has 2 heterocycles. The third-order valence-corrected chi connectivity index (χ3v) is 7.86. The summed E-state index contributed by atoms with van der Waals surface area (Å²) in [6, 6.07) is 8.13. The first kappa shape index (κ1) is 23.9. The van der Waals surface area contributed by atoms with Gasteiger partial charge in [-0.3, -0.25) is 14.4 Å². The van der Waals surface area contributed by atoms with Crippen LogP contribution in [0, 0.1) is 29.6 Å². The van der Waals surface area contributed by atoms with Crippen molar-refractivity contribution in [1.82, 2.24) is 0 Å². The van der Waals surface area contributed by atoms with Crippen LogP contribution in [-0.4, -0.2) is 35.6 Å². The number of carbonyl (C=O) groups excluding carboxylic acids is 3. The van der Waals surface area contributed by atoms with E-state index in [2.05, 4.69) is 21.1 Å². The predicted molar refractivity (Wildman–Crippen MR) is 124 cm³/mol. The van der Waals surface area contributed by atoms with Crippen molar-refractivity contribution in [2.45, 2.75) is 64.5 Å². The highest BCUT2D eigenvalue weighted by atomic mass is 35.5. The van der Waals surface area contributed by atoms with E-state index in [0.717, 1.165) is 36.9 Å². The molecule has 2 aliphatic carbocycles. The molecule has 0 unspecified atom stereocenters. The van der Waals surface area contributed by atoms with Crippen LogP contribution in [0.25, 0.3) is 0 Å². The zero-order valence-electron chi connectivity index (χ0n) is 19.0. The Morgan fingerprint density at radius 2 is 2.00 bits per heavy atom. The van der Waals surface area contributed by atoms with Crippen molar-refractivity contribution in [3.05, 3.63) is 29.8 Å². The maximum absolute atomic E-state index is 13.7. The molecule has 7 nitrogen and oxygen atoms in total. The summed E-state index contributed by atoms with van der Waals surface area (Å²) in [5, 5.41) is 0. The van der Waals surface area contributed by atoms with Crippen LogP contribution in [0.2, 0.25) is 0 Å². The van der Waals surface area contributed by atoms with Gasteiger partial charge in [-0.25, -0.2) is 4.99 Å². The summed E-state index contributed by atoms with van der Waals surface area (Å²) in [5.41, 5.74) is 8.89. The zero-order chi connectivity index (χ0) is 23.7. The number of Topliss-reactive ketones (excluding diaryl/α,β-unsaturated/α-hetero) is 1. The highest BCUT2D eigenvalue weighted by molar-refractivity contribution is 6.42. The SMILES string of the molecule is CCC(=O)OCl.C[C@H]1OC(=O)[C@@H]2C[C@@H]3C[C@H](N)CC[C@H]3[C@H](C(=O)C3=Nc4ccccc4C3)[C@H]12. The molecule has 3 fully saturated rings. The van der Waals surface area contributed by atoms with Gasteiger partial charge in [-0.15, -0.1) is 0 Å². The number of halogens is 1. The van der Waals surface area contributed by atoms with Gasteiger partial charge in [0.1, 0.15) is 18.0 Å². The minimum Gasteiger partial charge on any atom is -0.462 e. The largest absolute Gasteiger partial charge is 0.462 e. The molecule has 2 N–H and O–H groups in total. The molecule has 178 valence electrons. The highest BCUT2D eigenvalue weighted by Crippen LogP contribution is 2.53. The molecule has 1 saturated heterocycles. The van der Waals surface area contributed by atoms with Crippen molar-refractivity contribution in [3.8, 4) is 0 Å². The maximum atomic E-state index is 13.7. The Labute approximate surface area is 199 Å². The van der Waals surface area contributed by atoms with Crippen LogP contribution in [0.1, 0.15) is 51.5 Å². The summed E-state index contributed by atoms with van der Waals surface area (Å²) in [6.07, 6.45) is 4.39. The quantitative estimate of drug-likeness (QED) is 0.665. The lowest BCUT2D eigenvalue weighted by molar-refractivity contribution is -0.144. The first-order valence-electron chi connectivity index (χ1n) is 11.8. The Bertz CT molecular complexity index is 958. The number of cyclic esters (lactones) is 1. The molecule has 2 aliphatic heterocycles. The third-order valence-electron chi connectivity index (χ3n) is 7.69. The fraction of sp³-hybridized carbons (Fsp3) is 0.600.